The molecule has 0 saturated carbocycles. The number of aliphatic hydroxyl groups is 1. The molecule has 1 heterocycles. The summed E-state index contributed by atoms with van der Waals surface area (Å²) in [5.74, 6) is 0. The van der Waals surface area contributed by atoms with Crippen LogP contribution in [0.25, 0.3) is 0 Å². The van der Waals surface area contributed by atoms with Crippen LogP contribution in [0.3, 0.4) is 0 Å². The highest BCUT2D eigenvalue weighted by molar-refractivity contribution is 7.80. The fourth-order valence-electron chi connectivity index (χ4n) is 1.86. The molecular formula is C12H16N2OS. The van der Waals surface area contributed by atoms with Crippen molar-refractivity contribution in [2.75, 3.05) is 32.9 Å². The molecular weight excluding hydrogens is 220 g/mol. The molecule has 16 heavy (non-hydrogen) atoms. The maximum Gasteiger partial charge on any atom is 0.109 e. The van der Waals surface area contributed by atoms with Gasteiger partial charge in [0.25, 0.3) is 0 Å². The number of thiocarbonyl (C=S) groups is 1. The SMILES string of the molecule is OCN1CCN(C(=S)c2ccccc2)CC1. The van der Waals surface area contributed by atoms with Crippen LogP contribution in [-0.2, 0) is 0 Å². The van der Waals surface area contributed by atoms with Gasteiger partial charge in [0.2, 0.25) is 0 Å². The molecule has 0 bridgehead atoms. The Bertz CT molecular complexity index is 347. The highest BCUT2D eigenvalue weighted by Crippen LogP contribution is 2.09. The summed E-state index contributed by atoms with van der Waals surface area (Å²) in [6, 6.07) is 10.1. The fraction of sp³-hybridized carbons (Fsp3) is 0.417. The molecule has 0 atom stereocenters. The van der Waals surface area contributed by atoms with E-state index in [1.54, 1.807) is 0 Å². The number of nitrogens with zero attached hydrogens (tertiary/aromatic N) is 2. The third-order valence-electron chi connectivity index (χ3n) is 2.88. The van der Waals surface area contributed by atoms with Gasteiger partial charge in [-0.2, -0.15) is 0 Å². The fourth-order valence-corrected chi connectivity index (χ4v) is 2.17. The van der Waals surface area contributed by atoms with Crippen molar-refractivity contribution in [3.05, 3.63) is 35.9 Å². The van der Waals surface area contributed by atoms with Crippen molar-refractivity contribution in [3.63, 3.8) is 0 Å². The van der Waals surface area contributed by atoms with Crippen LogP contribution < -0.4 is 0 Å². The van der Waals surface area contributed by atoms with E-state index in [4.69, 9.17) is 17.3 Å². The van der Waals surface area contributed by atoms with Gasteiger partial charge in [0.1, 0.15) is 4.99 Å². The lowest BCUT2D eigenvalue weighted by atomic mass is 10.2. The lowest BCUT2D eigenvalue weighted by Crippen LogP contribution is -2.48. The summed E-state index contributed by atoms with van der Waals surface area (Å²) < 4.78 is 0. The Morgan fingerprint density at radius 1 is 1.12 bits per heavy atom. The topological polar surface area (TPSA) is 26.7 Å². The molecule has 1 saturated heterocycles. The number of piperazine rings is 1. The highest BCUT2D eigenvalue weighted by Gasteiger charge is 2.18. The first-order chi connectivity index (χ1) is 7.81. The average Bonchev–Trinajstić information content (AvgIpc) is 2.39. The first-order valence-electron chi connectivity index (χ1n) is 5.49. The lowest BCUT2D eigenvalue weighted by molar-refractivity contribution is 0.0748. The van der Waals surface area contributed by atoms with Crippen LogP contribution in [0.15, 0.2) is 30.3 Å². The number of hydrogen-bond acceptors (Lipinski definition) is 3. The van der Waals surface area contributed by atoms with Crippen LogP contribution in [0.4, 0.5) is 0 Å². The van der Waals surface area contributed by atoms with Gasteiger partial charge < -0.3 is 10.0 Å². The lowest BCUT2D eigenvalue weighted by Gasteiger charge is -2.35. The minimum Gasteiger partial charge on any atom is -0.381 e. The van der Waals surface area contributed by atoms with Crippen molar-refractivity contribution in [2.24, 2.45) is 0 Å². The molecule has 2 rings (SSSR count). The Hall–Kier alpha value is -0.970. The quantitative estimate of drug-likeness (QED) is 0.773. The largest absolute Gasteiger partial charge is 0.381 e. The van der Waals surface area contributed by atoms with Gasteiger partial charge in [0, 0.05) is 31.7 Å². The molecule has 1 aromatic rings. The third-order valence-corrected chi connectivity index (χ3v) is 3.37. The number of hydrogen-bond donors (Lipinski definition) is 1. The van der Waals surface area contributed by atoms with E-state index in [-0.39, 0.29) is 6.73 Å². The molecule has 1 aliphatic heterocycles. The van der Waals surface area contributed by atoms with Crippen LogP contribution in [0, 0.1) is 0 Å². The molecule has 0 amide bonds. The Labute approximate surface area is 101 Å². The normalized spacial score (nSPS) is 17.4. The number of benzene rings is 1. The van der Waals surface area contributed by atoms with Crippen molar-refractivity contribution in [1.29, 1.82) is 0 Å². The van der Waals surface area contributed by atoms with E-state index in [1.165, 1.54) is 0 Å². The minimum atomic E-state index is 0.145. The third kappa shape index (κ3) is 2.58. The molecule has 1 fully saturated rings. The zero-order chi connectivity index (χ0) is 11.4. The van der Waals surface area contributed by atoms with Gasteiger partial charge in [-0.25, -0.2) is 0 Å². The van der Waals surface area contributed by atoms with Crippen molar-refractivity contribution in [2.45, 2.75) is 0 Å². The van der Waals surface area contributed by atoms with Crippen molar-refractivity contribution < 1.29 is 5.11 Å². The van der Waals surface area contributed by atoms with E-state index in [9.17, 15) is 0 Å². The van der Waals surface area contributed by atoms with Crippen LogP contribution in [-0.4, -0.2) is 52.8 Å². The van der Waals surface area contributed by atoms with E-state index in [0.29, 0.717) is 0 Å². The Kier molecular flexibility index (Phi) is 3.88. The number of aliphatic hydroxyl groups excluding tert-OH is 1. The Morgan fingerprint density at radius 2 is 1.75 bits per heavy atom. The molecule has 1 aliphatic rings. The maximum atomic E-state index is 9.01. The minimum absolute atomic E-state index is 0.145. The van der Waals surface area contributed by atoms with Gasteiger partial charge in [-0.15, -0.1) is 0 Å². The van der Waals surface area contributed by atoms with Gasteiger partial charge in [0.15, 0.2) is 0 Å². The maximum absolute atomic E-state index is 9.01. The molecule has 86 valence electrons. The molecule has 3 nitrogen and oxygen atoms in total. The van der Waals surface area contributed by atoms with Gasteiger partial charge in [-0.05, 0) is 0 Å². The second kappa shape index (κ2) is 5.39. The standard InChI is InChI=1S/C12H16N2OS/c15-10-13-6-8-14(9-7-13)12(16)11-4-2-1-3-5-11/h1-5,15H,6-10H2. The predicted molar refractivity (Wildman–Crippen MR) is 68.4 cm³/mol. The zero-order valence-corrected chi connectivity index (χ0v) is 9.99. The molecule has 1 N–H and O–H groups in total. The van der Waals surface area contributed by atoms with E-state index in [0.717, 1.165) is 36.7 Å². The molecule has 4 heteroatoms. The summed E-state index contributed by atoms with van der Waals surface area (Å²) in [7, 11) is 0. The van der Waals surface area contributed by atoms with Crippen molar-refractivity contribution >= 4 is 17.2 Å². The monoisotopic (exact) mass is 236 g/mol. The van der Waals surface area contributed by atoms with E-state index in [1.807, 2.05) is 35.2 Å². The van der Waals surface area contributed by atoms with E-state index < -0.39 is 0 Å². The molecule has 1 aromatic carbocycles. The van der Waals surface area contributed by atoms with Gasteiger partial charge in [-0.1, -0.05) is 42.5 Å². The van der Waals surface area contributed by atoms with Crippen molar-refractivity contribution in [1.82, 2.24) is 9.80 Å². The predicted octanol–water partition coefficient (Wildman–Crippen LogP) is 0.930. The van der Waals surface area contributed by atoms with Crippen LogP contribution in [0.2, 0.25) is 0 Å². The van der Waals surface area contributed by atoms with Gasteiger partial charge >= 0.3 is 0 Å². The summed E-state index contributed by atoms with van der Waals surface area (Å²) in [4.78, 5) is 5.14. The van der Waals surface area contributed by atoms with Crippen LogP contribution >= 0.6 is 12.2 Å². The van der Waals surface area contributed by atoms with Gasteiger partial charge in [0.05, 0.1) is 6.73 Å². The molecule has 0 unspecified atom stereocenters. The van der Waals surface area contributed by atoms with Crippen LogP contribution in [0.5, 0.6) is 0 Å². The van der Waals surface area contributed by atoms with Crippen LogP contribution in [0.1, 0.15) is 5.56 Å². The van der Waals surface area contributed by atoms with Crippen molar-refractivity contribution in [3.8, 4) is 0 Å². The zero-order valence-electron chi connectivity index (χ0n) is 9.17. The smallest absolute Gasteiger partial charge is 0.109 e. The second-order valence-corrected chi connectivity index (χ2v) is 4.30. The summed E-state index contributed by atoms with van der Waals surface area (Å²) in [6.45, 7) is 3.70. The first-order valence-corrected chi connectivity index (χ1v) is 5.89. The summed E-state index contributed by atoms with van der Waals surface area (Å²) in [5, 5.41) is 9.01. The summed E-state index contributed by atoms with van der Waals surface area (Å²) in [6.07, 6.45) is 0. The Morgan fingerprint density at radius 3 is 2.31 bits per heavy atom. The van der Waals surface area contributed by atoms with E-state index in [2.05, 4.69) is 4.90 Å². The average molecular weight is 236 g/mol. The molecule has 0 spiro atoms. The number of rotatable bonds is 2. The second-order valence-electron chi connectivity index (χ2n) is 3.92. The van der Waals surface area contributed by atoms with E-state index >= 15 is 0 Å². The Balaban J connectivity index is 1.97. The molecule has 0 aromatic heterocycles. The molecule has 0 aliphatic carbocycles. The van der Waals surface area contributed by atoms with Gasteiger partial charge in [-0.3, -0.25) is 4.90 Å². The summed E-state index contributed by atoms with van der Waals surface area (Å²) >= 11 is 5.46. The highest BCUT2D eigenvalue weighted by atomic mass is 32.1. The molecule has 0 radical (unpaired) electrons. The first kappa shape index (κ1) is 11.5. The summed E-state index contributed by atoms with van der Waals surface area (Å²) in [5.41, 5.74) is 1.11.